The largest absolute Gasteiger partial charge is 0.313 e. The van der Waals surface area contributed by atoms with Gasteiger partial charge in [0.05, 0.1) is 24.1 Å². The third kappa shape index (κ3) is 3.70. The summed E-state index contributed by atoms with van der Waals surface area (Å²) in [6, 6.07) is 2.18. The van der Waals surface area contributed by atoms with Crippen LogP contribution in [0.4, 0.5) is 0 Å². The van der Waals surface area contributed by atoms with Gasteiger partial charge in [0.15, 0.2) is 0 Å². The second-order valence-electron chi connectivity index (χ2n) is 5.02. The standard InChI is InChI=1S/C15H25N5/c1-4-7-16-9-13-10-17-19(11-13)12-15-8-14(5-2)18-20(15)6-3/h8,10-11,16H,4-7,9,12H2,1-3H3. The van der Waals surface area contributed by atoms with Crippen molar-refractivity contribution in [2.24, 2.45) is 0 Å². The van der Waals surface area contributed by atoms with Crippen molar-refractivity contribution in [1.82, 2.24) is 24.9 Å². The molecule has 0 amide bonds. The quantitative estimate of drug-likeness (QED) is 0.751. The van der Waals surface area contributed by atoms with Gasteiger partial charge in [0.2, 0.25) is 0 Å². The molecule has 2 rings (SSSR count). The van der Waals surface area contributed by atoms with Gasteiger partial charge < -0.3 is 5.32 Å². The third-order valence-electron chi connectivity index (χ3n) is 3.34. The van der Waals surface area contributed by atoms with E-state index in [1.807, 2.05) is 10.9 Å². The molecule has 0 aliphatic rings. The summed E-state index contributed by atoms with van der Waals surface area (Å²) in [7, 11) is 0. The topological polar surface area (TPSA) is 47.7 Å². The maximum atomic E-state index is 4.57. The minimum Gasteiger partial charge on any atom is -0.313 e. The van der Waals surface area contributed by atoms with E-state index in [0.717, 1.165) is 44.7 Å². The first kappa shape index (κ1) is 14.8. The molecule has 2 heterocycles. The maximum absolute atomic E-state index is 4.57. The van der Waals surface area contributed by atoms with Crippen molar-refractivity contribution in [3.63, 3.8) is 0 Å². The lowest BCUT2D eigenvalue weighted by Gasteiger charge is -2.04. The Bertz CT molecular complexity index is 526. The molecule has 110 valence electrons. The molecule has 0 saturated heterocycles. The summed E-state index contributed by atoms with van der Waals surface area (Å²) in [5, 5.41) is 12.4. The second-order valence-corrected chi connectivity index (χ2v) is 5.02. The van der Waals surface area contributed by atoms with Crippen LogP contribution in [0, 0.1) is 0 Å². The fraction of sp³-hybridized carbons (Fsp3) is 0.600. The minimum atomic E-state index is 0.786. The molecule has 0 fully saturated rings. The molecule has 0 unspecified atom stereocenters. The lowest BCUT2D eigenvalue weighted by atomic mass is 10.3. The number of aromatic nitrogens is 4. The molecule has 0 atom stereocenters. The zero-order chi connectivity index (χ0) is 14.4. The van der Waals surface area contributed by atoms with Gasteiger partial charge >= 0.3 is 0 Å². The van der Waals surface area contributed by atoms with Crippen LogP contribution in [0.25, 0.3) is 0 Å². The van der Waals surface area contributed by atoms with Gasteiger partial charge in [0.25, 0.3) is 0 Å². The van der Waals surface area contributed by atoms with E-state index in [1.54, 1.807) is 0 Å². The highest BCUT2D eigenvalue weighted by Gasteiger charge is 2.07. The first-order valence-electron chi connectivity index (χ1n) is 7.54. The lowest BCUT2D eigenvalue weighted by molar-refractivity contribution is 0.573. The van der Waals surface area contributed by atoms with Crippen molar-refractivity contribution >= 4 is 0 Å². The molecule has 0 spiro atoms. The SMILES string of the molecule is CCCNCc1cnn(Cc2cc(CC)nn2CC)c1. The Hall–Kier alpha value is -1.62. The monoisotopic (exact) mass is 275 g/mol. The average molecular weight is 275 g/mol. The Labute approximate surface area is 121 Å². The predicted molar refractivity (Wildman–Crippen MR) is 80.6 cm³/mol. The highest BCUT2D eigenvalue weighted by Crippen LogP contribution is 2.08. The van der Waals surface area contributed by atoms with Crippen LogP contribution in [-0.2, 0) is 26.1 Å². The molecule has 0 saturated carbocycles. The summed E-state index contributed by atoms with van der Waals surface area (Å²) >= 11 is 0. The molecular formula is C15H25N5. The fourth-order valence-electron chi connectivity index (χ4n) is 2.25. The van der Waals surface area contributed by atoms with Crippen molar-refractivity contribution in [3.05, 3.63) is 35.4 Å². The highest BCUT2D eigenvalue weighted by atomic mass is 15.3. The van der Waals surface area contributed by atoms with Gasteiger partial charge in [-0.1, -0.05) is 13.8 Å². The summed E-state index contributed by atoms with van der Waals surface area (Å²) < 4.78 is 4.06. The van der Waals surface area contributed by atoms with Crippen LogP contribution in [0.3, 0.4) is 0 Å². The molecule has 0 aliphatic carbocycles. The second kappa shape index (κ2) is 7.24. The van der Waals surface area contributed by atoms with Gasteiger partial charge in [-0.05, 0) is 32.4 Å². The molecule has 5 heteroatoms. The van der Waals surface area contributed by atoms with E-state index in [9.17, 15) is 0 Å². The van der Waals surface area contributed by atoms with Crippen LogP contribution in [0.15, 0.2) is 18.5 Å². The molecule has 5 nitrogen and oxygen atoms in total. The van der Waals surface area contributed by atoms with Gasteiger partial charge in [0, 0.05) is 24.8 Å². The Morgan fingerprint density at radius 2 is 2.10 bits per heavy atom. The number of hydrogen-bond acceptors (Lipinski definition) is 3. The summed E-state index contributed by atoms with van der Waals surface area (Å²) in [5.41, 5.74) is 3.61. The van der Waals surface area contributed by atoms with E-state index in [-0.39, 0.29) is 0 Å². The molecule has 0 bridgehead atoms. The van der Waals surface area contributed by atoms with E-state index in [2.05, 4.69) is 53.2 Å². The van der Waals surface area contributed by atoms with E-state index in [0.29, 0.717) is 0 Å². The summed E-state index contributed by atoms with van der Waals surface area (Å²) in [6.45, 7) is 10.1. The van der Waals surface area contributed by atoms with Gasteiger partial charge in [-0.25, -0.2) is 0 Å². The Morgan fingerprint density at radius 1 is 1.25 bits per heavy atom. The van der Waals surface area contributed by atoms with Crippen molar-refractivity contribution in [2.45, 2.75) is 53.2 Å². The van der Waals surface area contributed by atoms with Crippen molar-refractivity contribution in [3.8, 4) is 0 Å². The van der Waals surface area contributed by atoms with Gasteiger partial charge in [-0.3, -0.25) is 9.36 Å². The van der Waals surface area contributed by atoms with Crippen molar-refractivity contribution in [2.75, 3.05) is 6.54 Å². The van der Waals surface area contributed by atoms with Crippen LogP contribution in [0.1, 0.15) is 44.1 Å². The predicted octanol–water partition coefficient (Wildman–Crippen LogP) is 2.21. The summed E-state index contributed by atoms with van der Waals surface area (Å²) in [4.78, 5) is 0. The van der Waals surface area contributed by atoms with Crippen molar-refractivity contribution < 1.29 is 0 Å². The zero-order valence-electron chi connectivity index (χ0n) is 12.8. The molecular weight excluding hydrogens is 250 g/mol. The van der Waals surface area contributed by atoms with Crippen LogP contribution < -0.4 is 5.32 Å². The van der Waals surface area contributed by atoms with E-state index < -0.39 is 0 Å². The Kier molecular flexibility index (Phi) is 5.35. The molecule has 2 aromatic rings. The van der Waals surface area contributed by atoms with Crippen LogP contribution >= 0.6 is 0 Å². The van der Waals surface area contributed by atoms with Crippen LogP contribution in [-0.4, -0.2) is 26.1 Å². The van der Waals surface area contributed by atoms with Crippen LogP contribution in [0.2, 0.25) is 0 Å². The molecule has 1 N–H and O–H groups in total. The Balaban J connectivity index is 2.00. The van der Waals surface area contributed by atoms with Crippen LogP contribution in [0.5, 0.6) is 0 Å². The van der Waals surface area contributed by atoms with Gasteiger partial charge in [-0.15, -0.1) is 0 Å². The number of nitrogens with one attached hydrogen (secondary N) is 1. The van der Waals surface area contributed by atoms with Gasteiger partial charge in [0.1, 0.15) is 0 Å². The van der Waals surface area contributed by atoms with Gasteiger partial charge in [-0.2, -0.15) is 10.2 Å². The van der Waals surface area contributed by atoms with Crippen molar-refractivity contribution in [1.29, 1.82) is 0 Å². The molecule has 0 aromatic carbocycles. The third-order valence-corrected chi connectivity index (χ3v) is 3.34. The molecule has 0 radical (unpaired) electrons. The smallest absolute Gasteiger partial charge is 0.0828 e. The molecule has 2 aromatic heterocycles. The maximum Gasteiger partial charge on any atom is 0.0828 e. The molecule has 0 aliphatic heterocycles. The minimum absolute atomic E-state index is 0.786. The fourth-order valence-corrected chi connectivity index (χ4v) is 2.25. The highest BCUT2D eigenvalue weighted by molar-refractivity contribution is 5.12. The average Bonchev–Trinajstić information content (AvgIpc) is 3.06. The van der Waals surface area contributed by atoms with E-state index in [1.165, 1.54) is 11.3 Å². The summed E-state index contributed by atoms with van der Waals surface area (Å²) in [6.07, 6.45) is 6.19. The summed E-state index contributed by atoms with van der Waals surface area (Å²) in [5.74, 6) is 0. The Morgan fingerprint density at radius 3 is 2.80 bits per heavy atom. The van der Waals surface area contributed by atoms with E-state index in [4.69, 9.17) is 0 Å². The lowest BCUT2D eigenvalue weighted by Crippen LogP contribution is -2.13. The van der Waals surface area contributed by atoms with E-state index >= 15 is 0 Å². The normalized spacial score (nSPS) is 11.2. The number of nitrogens with zero attached hydrogens (tertiary/aromatic N) is 4. The number of aryl methyl sites for hydroxylation is 2. The number of hydrogen-bond donors (Lipinski definition) is 1. The molecule has 20 heavy (non-hydrogen) atoms. The first-order valence-corrected chi connectivity index (χ1v) is 7.54. The zero-order valence-corrected chi connectivity index (χ0v) is 12.8. The number of rotatable bonds is 8. The first-order chi connectivity index (χ1) is 9.76.